The molecule has 1 aromatic carbocycles. The van der Waals surface area contributed by atoms with Crippen LogP contribution in [0.4, 0.5) is 16.2 Å². The van der Waals surface area contributed by atoms with E-state index in [1.807, 2.05) is 6.07 Å². The molecule has 2 aromatic rings. The normalized spacial score (nSPS) is 9.89. The number of carbonyl (C=O) groups excluding carboxylic acids is 1. The summed E-state index contributed by atoms with van der Waals surface area (Å²) in [6.45, 7) is 0. The predicted molar refractivity (Wildman–Crippen MR) is 68.8 cm³/mol. The third-order valence-corrected chi connectivity index (χ3v) is 2.29. The second-order valence-electron chi connectivity index (χ2n) is 3.71. The maximum Gasteiger partial charge on any atom is 0.323 e. The van der Waals surface area contributed by atoms with Crippen molar-refractivity contribution in [2.75, 3.05) is 17.7 Å². The van der Waals surface area contributed by atoms with Crippen molar-refractivity contribution >= 4 is 17.4 Å². The standard InChI is InChI=1S/C12H14N4O2/c1-16-8-10(7-13-16)15-12(17)14-9-4-3-5-11(6-9)18-2/h3-8H,1-2H3,(H2,14,15,17). The van der Waals surface area contributed by atoms with Crippen LogP contribution in [0.5, 0.6) is 5.75 Å². The predicted octanol–water partition coefficient (Wildman–Crippen LogP) is 2.07. The second kappa shape index (κ2) is 5.22. The minimum absolute atomic E-state index is 0.323. The summed E-state index contributed by atoms with van der Waals surface area (Å²) < 4.78 is 6.69. The van der Waals surface area contributed by atoms with Crippen molar-refractivity contribution in [3.63, 3.8) is 0 Å². The topological polar surface area (TPSA) is 68.2 Å². The Bertz CT molecular complexity index is 551. The van der Waals surface area contributed by atoms with Crippen molar-refractivity contribution in [1.29, 1.82) is 0 Å². The summed E-state index contributed by atoms with van der Waals surface area (Å²) in [4.78, 5) is 11.7. The molecule has 6 heteroatoms. The van der Waals surface area contributed by atoms with Gasteiger partial charge in [-0.15, -0.1) is 0 Å². The van der Waals surface area contributed by atoms with Crippen LogP contribution in [0.2, 0.25) is 0 Å². The molecule has 1 aromatic heterocycles. The van der Waals surface area contributed by atoms with Gasteiger partial charge < -0.3 is 15.4 Å². The lowest BCUT2D eigenvalue weighted by molar-refractivity contribution is 0.262. The van der Waals surface area contributed by atoms with Crippen LogP contribution >= 0.6 is 0 Å². The summed E-state index contributed by atoms with van der Waals surface area (Å²) in [6, 6.07) is 6.81. The zero-order valence-electron chi connectivity index (χ0n) is 10.2. The summed E-state index contributed by atoms with van der Waals surface area (Å²) in [5, 5.41) is 9.34. The second-order valence-corrected chi connectivity index (χ2v) is 3.71. The van der Waals surface area contributed by atoms with Crippen LogP contribution in [0.1, 0.15) is 0 Å². The first-order valence-corrected chi connectivity index (χ1v) is 5.38. The summed E-state index contributed by atoms with van der Waals surface area (Å²) >= 11 is 0. The first-order chi connectivity index (χ1) is 8.67. The van der Waals surface area contributed by atoms with E-state index in [2.05, 4.69) is 15.7 Å². The molecule has 0 aliphatic heterocycles. The molecule has 0 spiro atoms. The van der Waals surface area contributed by atoms with E-state index < -0.39 is 0 Å². The molecule has 0 aliphatic rings. The Hall–Kier alpha value is -2.50. The van der Waals surface area contributed by atoms with Gasteiger partial charge in [0.1, 0.15) is 5.75 Å². The van der Waals surface area contributed by atoms with Crippen LogP contribution in [0.25, 0.3) is 0 Å². The van der Waals surface area contributed by atoms with Gasteiger partial charge in [0.25, 0.3) is 0 Å². The van der Waals surface area contributed by atoms with Crippen LogP contribution in [0, 0.1) is 0 Å². The van der Waals surface area contributed by atoms with Crippen LogP contribution in [0.15, 0.2) is 36.7 Å². The monoisotopic (exact) mass is 246 g/mol. The Balaban J connectivity index is 1.98. The van der Waals surface area contributed by atoms with Crippen LogP contribution in [-0.4, -0.2) is 22.9 Å². The lowest BCUT2D eigenvalue weighted by Gasteiger charge is -2.07. The van der Waals surface area contributed by atoms with Gasteiger partial charge in [-0.25, -0.2) is 4.79 Å². The first kappa shape index (κ1) is 12.0. The number of methoxy groups -OCH3 is 1. The number of rotatable bonds is 3. The summed E-state index contributed by atoms with van der Waals surface area (Å²) in [7, 11) is 3.36. The molecular weight excluding hydrogens is 232 g/mol. The van der Waals surface area contributed by atoms with E-state index in [4.69, 9.17) is 4.74 Å². The minimum atomic E-state index is -0.323. The largest absolute Gasteiger partial charge is 0.497 e. The number of urea groups is 1. The van der Waals surface area contributed by atoms with Gasteiger partial charge >= 0.3 is 6.03 Å². The highest BCUT2D eigenvalue weighted by Gasteiger charge is 2.04. The van der Waals surface area contributed by atoms with Gasteiger partial charge in [0.15, 0.2) is 0 Å². The average Bonchev–Trinajstić information content (AvgIpc) is 2.74. The maximum atomic E-state index is 11.7. The number of nitrogens with zero attached hydrogens (tertiary/aromatic N) is 2. The van der Waals surface area contributed by atoms with E-state index in [1.54, 1.807) is 49.4 Å². The number of nitrogens with one attached hydrogen (secondary N) is 2. The summed E-state index contributed by atoms with van der Waals surface area (Å²) in [5.74, 6) is 0.689. The van der Waals surface area contributed by atoms with Crippen LogP contribution in [0.3, 0.4) is 0 Å². The molecule has 0 aliphatic carbocycles. The maximum absolute atomic E-state index is 11.7. The fraction of sp³-hybridized carbons (Fsp3) is 0.167. The lowest BCUT2D eigenvalue weighted by Crippen LogP contribution is -2.19. The van der Waals surface area contributed by atoms with Gasteiger partial charge in [-0.2, -0.15) is 5.10 Å². The minimum Gasteiger partial charge on any atom is -0.497 e. The number of amides is 2. The molecule has 2 N–H and O–H groups in total. The number of carbonyl (C=O) groups is 1. The Morgan fingerprint density at radius 1 is 1.33 bits per heavy atom. The molecule has 0 saturated carbocycles. The third kappa shape index (κ3) is 3.00. The number of aromatic nitrogens is 2. The highest BCUT2D eigenvalue weighted by atomic mass is 16.5. The van der Waals surface area contributed by atoms with Crippen molar-refractivity contribution in [2.24, 2.45) is 7.05 Å². The van der Waals surface area contributed by atoms with Crippen LogP contribution < -0.4 is 15.4 Å². The smallest absolute Gasteiger partial charge is 0.323 e. The SMILES string of the molecule is COc1cccc(NC(=O)Nc2cnn(C)c2)c1. The van der Waals surface area contributed by atoms with Crippen molar-refractivity contribution in [3.05, 3.63) is 36.7 Å². The molecule has 0 saturated heterocycles. The quantitative estimate of drug-likeness (QED) is 0.871. The average molecular weight is 246 g/mol. The Morgan fingerprint density at radius 2 is 2.11 bits per heavy atom. The van der Waals surface area contributed by atoms with E-state index in [-0.39, 0.29) is 6.03 Å². The Kier molecular flexibility index (Phi) is 3.47. The zero-order chi connectivity index (χ0) is 13.0. The van der Waals surface area contributed by atoms with Crippen molar-refractivity contribution in [2.45, 2.75) is 0 Å². The molecule has 94 valence electrons. The fourth-order valence-electron chi connectivity index (χ4n) is 1.48. The molecule has 0 atom stereocenters. The van der Waals surface area contributed by atoms with Crippen molar-refractivity contribution < 1.29 is 9.53 Å². The van der Waals surface area contributed by atoms with Crippen molar-refractivity contribution in [3.8, 4) is 5.75 Å². The molecule has 0 unspecified atom stereocenters. The van der Waals surface area contributed by atoms with Gasteiger partial charge in [0.05, 0.1) is 19.0 Å². The van der Waals surface area contributed by atoms with E-state index in [0.29, 0.717) is 17.1 Å². The van der Waals surface area contributed by atoms with Gasteiger partial charge in [0.2, 0.25) is 0 Å². The van der Waals surface area contributed by atoms with Gasteiger partial charge in [-0.05, 0) is 12.1 Å². The summed E-state index contributed by atoms with van der Waals surface area (Å²) in [5.41, 5.74) is 1.30. The van der Waals surface area contributed by atoms with E-state index >= 15 is 0 Å². The van der Waals surface area contributed by atoms with E-state index in [9.17, 15) is 4.79 Å². The molecule has 0 fully saturated rings. The number of anilines is 2. The van der Waals surface area contributed by atoms with Crippen molar-refractivity contribution in [1.82, 2.24) is 9.78 Å². The number of benzene rings is 1. The summed E-state index contributed by atoms with van der Waals surface area (Å²) in [6.07, 6.45) is 3.29. The third-order valence-electron chi connectivity index (χ3n) is 2.29. The van der Waals surface area contributed by atoms with Crippen LogP contribution in [-0.2, 0) is 7.05 Å². The van der Waals surface area contributed by atoms with Gasteiger partial charge in [-0.1, -0.05) is 6.07 Å². The first-order valence-electron chi connectivity index (χ1n) is 5.38. The van der Waals surface area contributed by atoms with Gasteiger partial charge in [-0.3, -0.25) is 4.68 Å². The zero-order valence-corrected chi connectivity index (χ0v) is 10.2. The highest BCUT2D eigenvalue weighted by molar-refractivity contribution is 5.99. The molecular formula is C12H14N4O2. The molecule has 18 heavy (non-hydrogen) atoms. The molecule has 1 heterocycles. The number of hydrogen-bond donors (Lipinski definition) is 2. The number of ether oxygens (including phenoxy) is 1. The van der Waals surface area contributed by atoms with Gasteiger partial charge in [0, 0.05) is 25.0 Å². The molecule has 2 rings (SSSR count). The van der Waals surface area contributed by atoms with E-state index in [1.165, 1.54) is 0 Å². The molecule has 6 nitrogen and oxygen atoms in total. The Morgan fingerprint density at radius 3 is 2.78 bits per heavy atom. The highest BCUT2D eigenvalue weighted by Crippen LogP contribution is 2.16. The van der Waals surface area contributed by atoms with E-state index in [0.717, 1.165) is 0 Å². The lowest BCUT2D eigenvalue weighted by atomic mass is 10.3. The Labute approximate surface area is 105 Å². The number of hydrogen-bond acceptors (Lipinski definition) is 3. The fourth-order valence-corrected chi connectivity index (χ4v) is 1.48. The number of aryl methyl sites for hydroxylation is 1. The molecule has 2 amide bonds. The molecule has 0 bridgehead atoms. The molecule has 0 radical (unpaired) electrons.